The number of hydrogen-bond acceptors (Lipinski definition) is 3. The molecule has 3 nitrogen and oxygen atoms in total. The number of halogens is 2. The van der Waals surface area contributed by atoms with Gasteiger partial charge < -0.3 is 0 Å². The van der Waals surface area contributed by atoms with Crippen molar-refractivity contribution in [2.75, 3.05) is 6.61 Å². The molecule has 0 heterocycles. The van der Waals surface area contributed by atoms with Crippen molar-refractivity contribution in [3.8, 4) is 0 Å². The van der Waals surface area contributed by atoms with Crippen LogP contribution in [-0.4, -0.2) is 15.0 Å². The lowest BCUT2D eigenvalue weighted by molar-refractivity contribution is 0.306. The molecule has 0 saturated heterocycles. The van der Waals surface area contributed by atoms with Crippen molar-refractivity contribution in [2.45, 2.75) is 69.6 Å². The van der Waals surface area contributed by atoms with Crippen LogP contribution in [0.3, 0.4) is 0 Å². The summed E-state index contributed by atoms with van der Waals surface area (Å²) >= 11 is 12.5. The van der Waals surface area contributed by atoms with E-state index in [-0.39, 0.29) is 16.5 Å². The standard InChI is InChI=1S/C21H28Cl2O3S/c1-2-3-4-5-6-7-8-9-12-15-26-27(24,25)20-16-19(22)17-13-10-11-14-18(17)21(20)23/h10-11,13-14,16H,2-9,12,15H2,1H3. The third kappa shape index (κ3) is 6.63. The largest absolute Gasteiger partial charge is 0.298 e. The summed E-state index contributed by atoms with van der Waals surface area (Å²) < 4.78 is 30.2. The highest BCUT2D eigenvalue weighted by atomic mass is 35.5. The van der Waals surface area contributed by atoms with Crippen molar-refractivity contribution in [1.82, 2.24) is 0 Å². The van der Waals surface area contributed by atoms with Gasteiger partial charge in [0.15, 0.2) is 0 Å². The summed E-state index contributed by atoms with van der Waals surface area (Å²) in [6.07, 6.45) is 10.4. The molecule has 150 valence electrons. The van der Waals surface area contributed by atoms with E-state index < -0.39 is 10.1 Å². The fourth-order valence-electron chi connectivity index (χ4n) is 3.10. The van der Waals surface area contributed by atoms with Gasteiger partial charge in [0.2, 0.25) is 0 Å². The molecule has 0 unspecified atom stereocenters. The van der Waals surface area contributed by atoms with Crippen LogP contribution in [0.1, 0.15) is 64.7 Å². The second-order valence-corrected chi connectivity index (χ2v) is 9.19. The molecule has 2 aromatic rings. The molecule has 0 N–H and O–H groups in total. The van der Waals surface area contributed by atoms with Gasteiger partial charge in [0.1, 0.15) is 4.90 Å². The predicted molar refractivity (Wildman–Crippen MR) is 114 cm³/mol. The average Bonchev–Trinajstić information content (AvgIpc) is 2.66. The Morgan fingerprint density at radius 1 is 0.852 bits per heavy atom. The first-order chi connectivity index (χ1) is 13.0. The van der Waals surface area contributed by atoms with Crippen molar-refractivity contribution in [1.29, 1.82) is 0 Å². The maximum Gasteiger partial charge on any atom is 0.298 e. The van der Waals surface area contributed by atoms with Gasteiger partial charge in [-0.15, -0.1) is 0 Å². The van der Waals surface area contributed by atoms with Crippen LogP contribution >= 0.6 is 23.2 Å². The highest BCUT2D eigenvalue weighted by Crippen LogP contribution is 2.36. The van der Waals surface area contributed by atoms with Crippen molar-refractivity contribution in [3.05, 3.63) is 40.4 Å². The number of benzene rings is 2. The molecule has 0 aliphatic heterocycles. The molecule has 0 fully saturated rings. The Balaban J connectivity index is 1.83. The van der Waals surface area contributed by atoms with Gasteiger partial charge in [0.05, 0.1) is 11.6 Å². The molecular weight excluding hydrogens is 403 g/mol. The third-order valence-corrected chi connectivity index (χ3v) is 6.82. The molecule has 6 heteroatoms. The molecule has 0 bridgehead atoms. The monoisotopic (exact) mass is 430 g/mol. The second kappa shape index (κ2) is 11.3. The van der Waals surface area contributed by atoms with Crippen LogP contribution in [0.15, 0.2) is 35.2 Å². The normalized spacial score (nSPS) is 12.0. The van der Waals surface area contributed by atoms with E-state index >= 15 is 0 Å². The van der Waals surface area contributed by atoms with Crippen LogP contribution in [-0.2, 0) is 14.3 Å². The van der Waals surface area contributed by atoms with E-state index in [0.29, 0.717) is 16.8 Å². The predicted octanol–water partition coefficient (Wildman–Crippen LogP) is 7.38. The summed E-state index contributed by atoms with van der Waals surface area (Å²) in [6, 6.07) is 8.56. The lowest BCUT2D eigenvalue weighted by atomic mass is 10.1. The zero-order chi connectivity index (χ0) is 19.7. The van der Waals surface area contributed by atoms with Crippen molar-refractivity contribution in [3.63, 3.8) is 0 Å². The van der Waals surface area contributed by atoms with E-state index in [2.05, 4.69) is 6.92 Å². The van der Waals surface area contributed by atoms with Gasteiger partial charge in [-0.1, -0.05) is 106 Å². The first-order valence-electron chi connectivity index (χ1n) is 9.73. The molecule has 0 atom stereocenters. The Bertz CT molecular complexity index is 835. The van der Waals surface area contributed by atoms with Gasteiger partial charge in [-0.05, 0) is 12.5 Å². The second-order valence-electron chi connectivity index (χ2n) is 6.82. The Morgan fingerprint density at radius 2 is 1.41 bits per heavy atom. The minimum absolute atomic E-state index is 0.0659. The third-order valence-electron chi connectivity index (χ3n) is 4.65. The molecular formula is C21H28Cl2O3S. The van der Waals surface area contributed by atoms with E-state index in [1.165, 1.54) is 44.6 Å². The first-order valence-corrected chi connectivity index (χ1v) is 11.9. The van der Waals surface area contributed by atoms with Crippen molar-refractivity contribution < 1.29 is 12.6 Å². The van der Waals surface area contributed by atoms with E-state index in [4.69, 9.17) is 27.4 Å². The summed E-state index contributed by atoms with van der Waals surface area (Å²) in [4.78, 5) is -0.0659. The van der Waals surface area contributed by atoms with Crippen LogP contribution in [0, 0.1) is 0 Å². The molecule has 0 amide bonds. The fourth-order valence-corrected chi connectivity index (χ4v) is 5.00. The lowest BCUT2D eigenvalue weighted by Crippen LogP contribution is -2.08. The van der Waals surface area contributed by atoms with Gasteiger partial charge >= 0.3 is 0 Å². The number of hydrogen-bond donors (Lipinski definition) is 0. The first kappa shape index (κ1) is 22.5. The highest BCUT2D eigenvalue weighted by Gasteiger charge is 2.22. The molecule has 0 radical (unpaired) electrons. The van der Waals surface area contributed by atoms with E-state index in [1.54, 1.807) is 12.1 Å². The van der Waals surface area contributed by atoms with Gasteiger partial charge in [0.25, 0.3) is 10.1 Å². The summed E-state index contributed by atoms with van der Waals surface area (Å²) in [5.41, 5.74) is 0. The molecule has 2 aromatic carbocycles. The number of rotatable bonds is 12. The summed E-state index contributed by atoms with van der Waals surface area (Å²) in [7, 11) is -3.93. The van der Waals surface area contributed by atoms with Crippen molar-refractivity contribution >= 4 is 44.1 Å². The Morgan fingerprint density at radius 3 is 2.04 bits per heavy atom. The fraction of sp³-hybridized carbons (Fsp3) is 0.524. The summed E-state index contributed by atoms with van der Waals surface area (Å²) in [6.45, 7) is 2.38. The van der Waals surface area contributed by atoms with Gasteiger partial charge in [-0.25, -0.2) is 0 Å². The Hall–Kier alpha value is -0.810. The SMILES string of the molecule is CCCCCCCCCCCOS(=O)(=O)c1cc(Cl)c2ccccc2c1Cl. The Kier molecular flexibility index (Phi) is 9.37. The highest BCUT2D eigenvalue weighted by molar-refractivity contribution is 7.87. The average molecular weight is 431 g/mol. The Labute approximate surface area is 173 Å². The zero-order valence-corrected chi connectivity index (χ0v) is 18.2. The molecule has 0 aromatic heterocycles. The molecule has 27 heavy (non-hydrogen) atoms. The van der Waals surface area contributed by atoms with Gasteiger partial charge in [0, 0.05) is 15.8 Å². The maximum atomic E-state index is 12.5. The summed E-state index contributed by atoms with van der Waals surface area (Å²) in [5, 5.41) is 1.83. The van der Waals surface area contributed by atoms with Crippen LogP contribution < -0.4 is 0 Å². The summed E-state index contributed by atoms with van der Waals surface area (Å²) in [5.74, 6) is 0. The topological polar surface area (TPSA) is 43.4 Å². The smallest absolute Gasteiger partial charge is 0.266 e. The van der Waals surface area contributed by atoms with E-state index in [0.717, 1.165) is 18.2 Å². The number of fused-ring (bicyclic) bond motifs is 1. The lowest BCUT2D eigenvalue weighted by Gasteiger charge is -2.11. The maximum absolute atomic E-state index is 12.5. The minimum Gasteiger partial charge on any atom is -0.266 e. The van der Waals surface area contributed by atoms with Crippen LogP contribution in [0.25, 0.3) is 10.8 Å². The molecule has 0 spiro atoms. The van der Waals surface area contributed by atoms with Gasteiger partial charge in [-0.3, -0.25) is 4.18 Å². The van der Waals surface area contributed by atoms with Crippen LogP contribution in [0.4, 0.5) is 0 Å². The van der Waals surface area contributed by atoms with E-state index in [1.807, 2.05) is 12.1 Å². The molecule has 2 rings (SSSR count). The van der Waals surface area contributed by atoms with Crippen molar-refractivity contribution in [2.24, 2.45) is 0 Å². The van der Waals surface area contributed by atoms with Gasteiger partial charge in [-0.2, -0.15) is 8.42 Å². The molecule has 0 aliphatic rings. The zero-order valence-electron chi connectivity index (χ0n) is 15.8. The minimum atomic E-state index is -3.93. The van der Waals surface area contributed by atoms with Crippen LogP contribution in [0.5, 0.6) is 0 Å². The van der Waals surface area contributed by atoms with Crippen LogP contribution in [0.2, 0.25) is 10.0 Å². The van der Waals surface area contributed by atoms with E-state index in [9.17, 15) is 8.42 Å². The molecule has 0 saturated carbocycles. The quantitative estimate of drug-likeness (QED) is 0.260. The molecule has 0 aliphatic carbocycles. The number of unbranched alkanes of at least 4 members (excludes halogenated alkanes) is 8.